The smallest absolute Gasteiger partial charge is 0.0741 e. The first kappa shape index (κ1) is 10.5. The van der Waals surface area contributed by atoms with Gasteiger partial charge in [0.15, 0.2) is 0 Å². The fraction of sp³-hybridized carbons (Fsp3) is 0.357. The van der Waals surface area contributed by atoms with Crippen LogP contribution in [0.1, 0.15) is 19.3 Å². The van der Waals surface area contributed by atoms with Gasteiger partial charge < -0.3 is 10.4 Å². The fourth-order valence-electron chi connectivity index (χ4n) is 2.53. The summed E-state index contributed by atoms with van der Waals surface area (Å²) in [6, 6.07) is 10.2. The first-order valence-corrected chi connectivity index (χ1v) is 6.13. The molecule has 17 heavy (non-hydrogen) atoms. The maximum atomic E-state index is 9.84. The van der Waals surface area contributed by atoms with Crippen LogP contribution in [0.25, 0.3) is 10.9 Å². The van der Waals surface area contributed by atoms with Gasteiger partial charge in [0, 0.05) is 17.3 Å². The SMILES string of the molecule is O[C@@H]1CCC[C@H]1Nc1ccnc2ccccc12. The maximum absolute atomic E-state index is 9.84. The van der Waals surface area contributed by atoms with Gasteiger partial charge in [-0.05, 0) is 31.4 Å². The lowest BCUT2D eigenvalue weighted by Gasteiger charge is -2.18. The van der Waals surface area contributed by atoms with E-state index < -0.39 is 0 Å². The molecular weight excluding hydrogens is 212 g/mol. The molecule has 0 bridgehead atoms. The molecule has 1 aliphatic carbocycles. The third kappa shape index (κ3) is 1.98. The Morgan fingerprint density at radius 2 is 2.06 bits per heavy atom. The van der Waals surface area contributed by atoms with E-state index in [0.717, 1.165) is 35.9 Å². The summed E-state index contributed by atoms with van der Waals surface area (Å²) < 4.78 is 0. The number of hydrogen-bond donors (Lipinski definition) is 2. The highest BCUT2D eigenvalue weighted by molar-refractivity contribution is 5.90. The number of pyridine rings is 1. The predicted octanol–water partition coefficient (Wildman–Crippen LogP) is 2.56. The molecule has 3 rings (SSSR count). The number of anilines is 1. The number of aliphatic hydroxyl groups excluding tert-OH is 1. The van der Waals surface area contributed by atoms with Crippen LogP contribution in [-0.2, 0) is 0 Å². The largest absolute Gasteiger partial charge is 0.391 e. The van der Waals surface area contributed by atoms with Crippen LogP contribution >= 0.6 is 0 Å². The summed E-state index contributed by atoms with van der Waals surface area (Å²) >= 11 is 0. The summed E-state index contributed by atoms with van der Waals surface area (Å²) in [6.07, 6.45) is 4.63. The Morgan fingerprint density at radius 3 is 2.88 bits per heavy atom. The van der Waals surface area contributed by atoms with Crippen molar-refractivity contribution in [3.63, 3.8) is 0 Å². The van der Waals surface area contributed by atoms with Crippen molar-refractivity contribution >= 4 is 16.6 Å². The quantitative estimate of drug-likeness (QED) is 0.830. The molecule has 2 N–H and O–H groups in total. The molecule has 0 saturated heterocycles. The fourth-order valence-corrected chi connectivity index (χ4v) is 2.53. The monoisotopic (exact) mass is 228 g/mol. The normalized spacial score (nSPS) is 24.1. The third-order valence-electron chi connectivity index (χ3n) is 3.47. The van der Waals surface area contributed by atoms with Crippen molar-refractivity contribution in [3.8, 4) is 0 Å². The Kier molecular flexibility index (Phi) is 2.69. The number of hydrogen-bond acceptors (Lipinski definition) is 3. The number of aliphatic hydroxyl groups is 1. The van der Waals surface area contributed by atoms with E-state index in [9.17, 15) is 5.11 Å². The molecule has 1 fully saturated rings. The molecule has 0 unspecified atom stereocenters. The zero-order valence-electron chi connectivity index (χ0n) is 9.63. The van der Waals surface area contributed by atoms with E-state index in [4.69, 9.17) is 0 Å². The average Bonchev–Trinajstić information content (AvgIpc) is 2.76. The second-order valence-electron chi connectivity index (χ2n) is 4.62. The van der Waals surface area contributed by atoms with E-state index in [0.29, 0.717) is 0 Å². The summed E-state index contributed by atoms with van der Waals surface area (Å²) in [5.74, 6) is 0. The number of benzene rings is 1. The molecule has 3 heteroatoms. The maximum Gasteiger partial charge on any atom is 0.0741 e. The number of nitrogens with zero attached hydrogens (tertiary/aromatic N) is 1. The third-order valence-corrected chi connectivity index (χ3v) is 3.47. The van der Waals surface area contributed by atoms with Gasteiger partial charge >= 0.3 is 0 Å². The van der Waals surface area contributed by atoms with Gasteiger partial charge in [0.05, 0.1) is 17.7 Å². The Morgan fingerprint density at radius 1 is 1.18 bits per heavy atom. The summed E-state index contributed by atoms with van der Waals surface area (Å²) in [7, 11) is 0. The van der Waals surface area contributed by atoms with Crippen LogP contribution in [0, 0.1) is 0 Å². The van der Waals surface area contributed by atoms with E-state index in [1.165, 1.54) is 0 Å². The van der Waals surface area contributed by atoms with Crippen molar-refractivity contribution < 1.29 is 5.11 Å². The van der Waals surface area contributed by atoms with Gasteiger partial charge in [0.1, 0.15) is 0 Å². The second kappa shape index (κ2) is 4.34. The molecule has 0 radical (unpaired) electrons. The first-order valence-electron chi connectivity index (χ1n) is 6.13. The number of fused-ring (bicyclic) bond motifs is 1. The van der Waals surface area contributed by atoms with Crippen LogP contribution in [0.15, 0.2) is 36.5 Å². The van der Waals surface area contributed by atoms with Crippen LogP contribution in [0.5, 0.6) is 0 Å². The Labute approximate surface area is 100 Å². The zero-order valence-corrected chi connectivity index (χ0v) is 9.63. The van der Waals surface area contributed by atoms with E-state index in [1.54, 1.807) is 0 Å². The molecule has 0 amide bonds. The molecule has 1 aromatic heterocycles. The molecule has 88 valence electrons. The van der Waals surface area contributed by atoms with Gasteiger partial charge in [-0.2, -0.15) is 0 Å². The van der Waals surface area contributed by atoms with Crippen molar-refractivity contribution in [1.29, 1.82) is 0 Å². The highest BCUT2D eigenvalue weighted by atomic mass is 16.3. The van der Waals surface area contributed by atoms with Crippen LogP contribution in [0.3, 0.4) is 0 Å². The van der Waals surface area contributed by atoms with Gasteiger partial charge in [-0.3, -0.25) is 4.98 Å². The molecular formula is C14H16N2O. The first-order chi connectivity index (χ1) is 8.34. The molecule has 0 spiro atoms. The summed E-state index contributed by atoms with van der Waals surface area (Å²) in [5, 5.41) is 14.4. The minimum atomic E-state index is -0.220. The predicted molar refractivity (Wildman–Crippen MR) is 69.0 cm³/mol. The van der Waals surface area contributed by atoms with Crippen molar-refractivity contribution in [2.75, 3.05) is 5.32 Å². The summed E-state index contributed by atoms with van der Waals surface area (Å²) in [6.45, 7) is 0. The van der Waals surface area contributed by atoms with Crippen LogP contribution in [0.2, 0.25) is 0 Å². The molecule has 1 aromatic carbocycles. The molecule has 1 heterocycles. The van der Waals surface area contributed by atoms with Gasteiger partial charge in [-0.15, -0.1) is 0 Å². The van der Waals surface area contributed by atoms with E-state index >= 15 is 0 Å². The number of para-hydroxylation sites is 1. The zero-order chi connectivity index (χ0) is 11.7. The Bertz CT molecular complexity index is 521. The lowest BCUT2D eigenvalue weighted by atomic mass is 10.1. The highest BCUT2D eigenvalue weighted by Gasteiger charge is 2.25. The minimum absolute atomic E-state index is 0.181. The standard InChI is InChI=1S/C14H16N2O/c17-14-7-3-6-13(14)16-12-8-9-15-11-5-2-1-4-10(11)12/h1-2,4-5,8-9,13-14,17H,3,6-7H2,(H,15,16)/t13-,14-/m1/s1. The van der Waals surface area contributed by atoms with Crippen LogP contribution < -0.4 is 5.32 Å². The van der Waals surface area contributed by atoms with Crippen LogP contribution in [-0.4, -0.2) is 22.2 Å². The van der Waals surface area contributed by atoms with Crippen molar-refractivity contribution in [2.45, 2.75) is 31.4 Å². The molecule has 2 aromatic rings. The summed E-state index contributed by atoms with van der Waals surface area (Å²) in [5.41, 5.74) is 2.06. The van der Waals surface area contributed by atoms with Gasteiger partial charge in [0.2, 0.25) is 0 Å². The molecule has 1 aliphatic rings. The topological polar surface area (TPSA) is 45.1 Å². The number of nitrogens with one attached hydrogen (secondary N) is 1. The Balaban J connectivity index is 1.94. The molecule has 2 atom stereocenters. The number of aromatic nitrogens is 1. The highest BCUT2D eigenvalue weighted by Crippen LogP contribution is 2.26. The van der Waals surface area contributed by atoms with Crippen molar-refractivity contribution in [3.05, 3.63) is 36.5 Å². The summed E-state index contributed by atoms with van der Waals surface area (Å²) in [4.78, 5) is 4.33. The lowest BCUT2D eigenvalue weighted by molar-refractivity contribution is 0.172. The minimum Gasteiger partial charge on any atom is -0.391 e. The van der Waals surface area contributed by atoms with Gasteiger partial charge in [0.25, 0.3) is 0 Å². The van der Waals surface area contributed by atoms with E-state index in [1.807, 2.05) is 30.5 Å². The molecule has 0 aliphatic heterocycles. The molecule has 3 nitrogen and oxygen atoms in total. The van der Waals surface area contributed by atoms with Gasteiger partial charge in [-0.25, -0.2) is 0 Å². The van der Waals surface area contributed by atoms with Crippen molar-refractivity contribution in [2.24, 2.45) is 0 Å². The average molecular weight is 228 g/mol. The Hall–Kier alpha value is -1.61. The van der Waals surface area contributed by atoms with E-state index in [2.05, 4.69) is 16.4 Å². The van der Waals surface area contributed by atoms with E-state index in [-0.39, 0.29) is 12.1 Å². The van der Waals surface area contributed by atoms with Gasteiger partial charge in [-0.1, -0.05) is 18.2 Å². The second-order valence-corrected chi connectivity index (χ2v) is 4.62. The van der Waals surface area contributed by atoms with Crippen molar-refractivity contribution in [1.82, 2.24) is 4.98 Å². The molecule has 1 saturated carbocycles. The van der Waals surface area contributed by atoms with Crippen LogP contribution in [0.4, 0.5) is 5.69 Å². The number of rotatable bonds is 2. The lowest BCUT2D eigenvalue weighted by Crippen LogP contribution is -2.27.